The van der Waals surface area contributed by atoms with Gasteiger partial charge in [-0.1, -0.05) is 114 Å². The number of nitrogens with zero attached hydrogens (tertiary/aromatic N) is 4. The van der Waals surface area contributed by atoms with Crippen LogP contribution in [0.25, 0.3) is 11.2 Å². The molecule has 2 aromatic heterocycles. The second kappa shape index (κ2) is 18.1. The van der Waals surface area contributed by atoms with Gasteiger partial charge in [-0.25, -0.2) is 15.0 Å². The molecule has 1 radical (unpaired) electrons. The van der Waals surface area contributed by atoms with E-state index in [-0.39, 0.29) is 17.3 Å². The number of carbonyl (C=O) groups is 1. The average molecular weight is 831 g/mol. The molecule has 1 aliphatic heterocycles. The van der Waals surface area contributed by atoms with Crippen molar-refractivity contribution >= 4 is 42.3 Å². The van der Waals surface area contributed by atoms with E-state index in [2.05, 4.69) is 111 Å². The first-order chi connectivity index (χ1) is 28.5. The molecule has 6 aromatic rings. The van der Waals surface area contributed by atoms with Crippen molar-refractivity contribution < 1.29 is 23.4 Å². The number of hydrogen-bond donors (Lipinski definition) is 2. The number of fused-ring (bicyclic) bond motifs is 1. The molecule has 12 heteroatoms. The molecule has 1 amide bonds. The van der Waals surface area contributed by atoms with Crippen LogP contribution in [-0.4, -0.2) is 71.1 Å². The number of nitrogens with one attached hydrogen (secondary N) is 1. The highest BCUT2D eigenvalue weighted by atomic mass is 32.2. The number of anilines is 1. The molecule has 1 aliphatic rings. The van der Waals surface area contributed by atoms with Gasteiger partial charge in [0.2, 0.25) is 8.32 Å². The van der Waals surface area contributed by atoms with Crippen LogP contribution in [0.4, 0.5) is 5.82 Å². The van der Waals surface area contributed by atoms with Crippen molar-refractivity contribution in [2.75, 3.05) is 31.9 Å². The molecular formula is C47H56N5O5SSi. The van der Waals surface area contributed by atoms with Crippen molar-refractivity contribution in [1.29, 1.82) is 0 Å². The number of hydrogen-bond acceptors (Lipinski definition) is 8. The van der Waals surface area contributed by atoms with Crippen LogP contribution in [0, 0.1) is 6.42 Å². The van der Waals surface area contributed by atoms with Crippen LogP contribution in [0.1, 0.15) is 68.6 Å². The molecule has 309 valence electrons. The molecule has 0 saturated carbocycles. The summed E-state index contributed by atoms with van der Waals surface area (Å²) in [5.41, 5.74) is 4.94. The van der Waals surface area contributed by atoms with E-state index < -0.39 is 25.0 Å². The first kappa shape index (κ1) is 42.1. The maximum Gasteiger partial charge on any atom is 0.256 e. The van der Waals surface area contributed by atoms with E-state index in [0.717, 1.165) is 33.9 Å². The molecule has 4 aromatic carbocycles. The largest absolute Gasteiger partial charge is 0.497 e. The number of carbonyl (C=O) groups excluding carboxylic acids is 1. The second-order valence-electron chi connectivity index (χ2n) is 16.0. The molecule has 1 saturated heterocycles. The molecule has 0 bridgehead atoms. The number of aromatic nitrogens is 4. The minimum Gasteiger partial charge on any atom is -0.497 e. The highest BCUT2D eigenvalue weighted by molar-refractivity contribution is 8.16. The van der Waals surface area contributed by atoms with Gasteiger partial charge in [-0.05, 0) is 69.7 Å². The molecule has 7 rings (SSSR count). The first-order valence-electron chi connectivity index (χ1n) is 20.3. The lowest BCUT2D eigenvalue weighted by Crippen LogP contribution is -2.50. The number of ether oxygens (including phenoxy) is 3. The Bertz CT molecular complexity index is 2240. The van der Waals surface area contributed by atoms with Crippen LogP contribution in [0.2, 0.25) is 16.6 Å². The number of rotatable bonds is 16. The molecule has 1 unspecified atom stereocenters. The normalized spacial score (nSPS) is 17.8. The highest BCUT2D eigenvalue weighted by Crippen LogP contribution is 2.51. The summed E-state index contributed by atoms with van der Waals surface area (Å²) in [4.78, 5) is 27.3. The van der Waals surface area contributed by atoms with Crippen molar-refractivity contribution in [3.8, 4) is 11.5 Å². The Hall–Kier alpha value is -5.01. The smallest absolute Gasteiger partial charge is 0.256 e. The highest BCUT2D eigenvalue weighted by Gasteiger charge is 2.49. The van der Waals surface area contributed by atoms with Crippen LogP contribution in [0.15, 0.2) is 122 Å². The average Bonchev–Trinajstić information content (AvgIpc) is 3.88. The number of methoxy groups -OCH3 is 2. The van der Waals surface area contributed by atoms with Gasteiger partial charge in [-0.2, -0.15) is 11.1 Å². The fourth-order valence-electron chi connectivity index (χ4n) is 9.02. The number of benzene rings is 4. The van der Waals surface area contributed by atoms with Crippen molar-refractivity contribution in [2.24, 2.45) is 0 Å². The van der Waals surface area contributed by atoms with Gasteiger partial charge in [0.15, 0.2) is 17.0 Å². The van der Waals surface area contributed by atoms with E-state index in [1.54, 1.807) is 26.4 Å². The van der Waals surface area contributed by atoms with E-state index >= 15 is 0 Å². The topological polar surface area (TPSA) is 110 Å². The van der Waals surface area contributed by atoms with Gasteiger partial charge in [-0.3, -0.25) is 8.77 Å². The van der Waals surface area contributed by atoms with E-state index in [9.17, 15) is 4.79 Å². The molecule has 0 aliphatic carbocycles. The quantitative estimate of drug-likeness (QED) is 0.0564. The summed E-state index contributed by atoms with van der Waals surface area (Å²) in [7, 11) is 1.09. The fourth-order valence-corrected chi connectivity index (χ4v) is 17.2. The lowest BCUT2D eigenvalue weighted by Gasteiger charge is -2.44. The maximum absolute atomic E-state index is 13.3. The Kier molecular flexibility index (Phi) is 12.9. The molecular weight excluding hydrogens is 775 g/mol. The maximum atomic E-state index is 13.3. The number of thiol groups is 1. The predicted molar refractivity (Wildman–Crippen MR) is 241 cm³/mol. The summed E-state index contributed by atoms with van der Waals surface area (Å²) in [5.74, 6) is 2.41. The van der Waals surface area contributed by atoms with E-state index in [1.165, 1.54) is 6.33 Å². The van der Waals surface area contributed by atoms with Crippen molar-refractivity contribution in [1.82, 2.24) is 18.9 Å². The molecule has 3 heterocycles. The zero-order valence-corrected chi connectivity index (χ0v) is 37.1. The van der Waals surface area contributed by atoms with Gasteiger partial charge in [0.05, 0.1) is 26.9 Å². The van der Waals surface area contributed by atoms with Crippen LogP contribution in [-0.2, 0) is 14.8 Å². The molecule has 0 spiro atoms. The summed E-state index contributed by atoms with van der Waals surface area (Å²) in [6.45, 7) is 14.3. The third-order valence-corrected chi connectivity index (χ3v) is 20.5. The van der Waals surface area contributed by atoms with Crippen molar-refractivity contribution in [3.63, 3.8) is 0 Å². The van der Waals surface area contributed by atoms with Crippen LogP contribution >= 0.6 is 11.1 Å². The Balaban J connectivity index is 1.32. The molecule has 1 N–H and O–H groups in total. The summed E-state index contributed by atoms with van der Waals surface area (Å²) >= 11 is -1.04. The zero-order valence-electron chi connectivity index (χ0n) is 35.2. The van der Waals surface area contributed by atoms with Crippen LogP contribution in [0.5, 0.6) is 11.5 Å². The van der Waals surface area contributed by atoms with E-state index in [1.807, 2.05) is 54.9 Å². The summed E-state index contributed by atoms with van der Waals surface area (Å²) in [6, 6.07) is 35.8. The number of amides is 1. The third-order valence-electron chi connectivity index (χ3n) is 11.8. The molecule has 1 fully saturated rings. The van der Waals surface area contributed by atoms with E-state index in [0.29, 0.717) is 45.8 Å². The minimum atomic E-state index is -2.27. The molecule has 3 atom stereocenters. The molecule has 10 nitrogen and oxygen atoms in total. The van der Waals surface area contributed by atoms with Gasteiger partial charge >= 0.3 is 0 Å². The Morgan fingerprint density at radius 1 is 0.763 bits per heavy atom. The predicted octanol–water partition coefficient (Wildman–Crippen LogP) is 10.0. The summed E-state index contributed by atoms with van der Waals surface area (Å²) < 4.78 is 28.4. The van der Waals surface area contributed by atoms with Crippen LogP contribution < -0.4 is 14.8 Å². The van der Waals surface area contributed by atoms with Gasteiger partial charge in [0.25, 0.3) is 5.91 Å². The van der Waals surface area contributed by atoms with Crippen LogP contribution in [0.3, 0.4) is 0 Å². The second-order valence-corrected chi connectivity index (χ2v) is 23.7. The Morgan fingerprint density at radius 2 is 1.31 bits per heavy atom. The number of imidazole rings is 1. The standard InChI is InChI=1S/C47H56N5O5SSi/c1-32(2)59(33(3)4,34(5)6)57-41-27-42(58(29-41)52-31-50-43-44(48-30-49-45(43)52)51-46(53)35-15-11-9-12-16-35)28-56-47(36-17-13-10-14-18-36,37-19-23-39(54-7)24-20-37)38-21-25-40(55-8)26-22-38/h9-27,30-34,41-42,58H,28-29H2,1-8H3,(H,48,49,51,53)/t41-,42-/m1/s1. The van der Waals surface area contributed by atoms with Crippen molar-refractivity contribution in [3.05, 3.63) is 151 Å². The van der Waals surface area contributed by atoms with Gasteiger partial charge in [0, 0.05) is 23.0 Å². The van der Waals surface area contributed by atoms with Crippen molar-refractivity contribution in [2.45, 2.75) is 75.1 Å². The SMILES string of the molecule is COc1ccc(C(OC[C@H]2[CH][C@@H](O[Si](C(C)C)(C(C)C)C(C)C)C[SH]2n2cnc3c(NC(=O)c4ccccc4)ncnc32)(c2ccccc2)c2ccc(OC)cc2)cc1. The van der Waals surface area contributed by atoms with Gasteiger partial charge in [-0.15, -0.1) is 0 Å². The first-order valence-corrected chi connectivity index (χ1v) is 24.0. The Morgan fingerprint density at radius 3 is 1.85 bits per heavy atom. The summed E-state index contributed by atoms with van der Waals surface area (Å²) in [6.07, 6.45) is 5.64. The van der Waals surface area contributed by atoms with Gasteiger partial charge < -0.3 is 24.0 Å². The van der Waals surface area contributed by atoms with E-state index in [4.69, 9.17) is 28.6 Å². The van der Waals surface area contributed by atoms with Gasteiger partial charge in [0.1, 0.15) is 29.8 Å². The monoisotopic (exact) mass is 830 g/mol. The summed E-state index contributed by atoms with van der Waals surface area (Å²) in [5, 5.41) is 2.93. The molecule has 59 heavy (non-hydrogen) atoms. The fraction of sp³-hybridized carbons (Fsp3) is 0.340. The zero-order chi connectivity index (χ0) is 41.7. The Labute approximate surface area is 352 Å². The lowest BCUT2D eigenvalue weighted by atomic mass is 9.80. The third kappa shape index (κ3) is 8.28. The minimum absolute atomic E-state index is 0.0532. The lowest BCUT2D eigenvalue weighted by molar-refractivity contribution is 0.0154.